The van der Waals surface area contributed by atoms with Gasteiger partial charge in [-0.1, -0.05) is 12.1 Å². The van der Waals surface area contributed by atoms with Crippen molar-refractivity contribution in [1.29, 1.82) is 0 Å². The second-order valence-corrected chi connectivity index (χ2v) is 7.50. The molecule has 1 amide bonds. The summed E-state index contributed by atoms with van der Waals surface area (Å²) in [5.74, 6) is 0.681. The summed E-state index contributed by atoms with van der Waals surface area (Å²) in [5.41, 5.74) is -0.294. The van der Waals surface area contributed by atoms with Crippen molar-refractivity contribution in [3.8, 4) is 11.5 Å². The highest BCUT2D eigenvalue weighted by molar-refractivity contribution is 6.00. The number of hydrogen-bond donors (Lipinski definition) is 3. The maximum atomic E-state index is 12.7. The SMILES string of the molecule is O=C(NC(CO)C1CNC1)c1ccc2c(Oc3ccc(C(F)(F)F)cc3)cccc2c1. The van der Waals surface area contributed by atoms with Crippen LogP contribution in [0.25, 0.3) is 10.8 Å². The predicted octanol–water partition coefficient (Wildman–Crippen LogP) is 3.96. The van der Waals surface area contributed by atoms with Crippen molar-refractivity contribution in [1.82, 2.24) is 10.6 Å². The fraction of sp³-hybridized carbons (Fsp3) is 0.261. The van der Waals surface area contributed by atoms with Gasteiger partial charge in [0.25, 0.3) is 5.91 Å². The van der Waals surface area contributed by atoms with Gasteiger partial charge < -0.3 is 20.5 Å². The molecule has 5 nitrogen and oxygen atoms in total. The van der Waals surface area contributed by atoms with Crippen LogP contribution in [-0.4, -0.2) is 36.8 Å². The summed E-state index contributed by atoms with van der Waals surface area (Å²) < 4.78 is 44.0. The van der Waals surface area contributed by atoms with E-state index < -0.39 is 11.7 Å². The molecule has 4 rings (SSSR count). The molecule has 3 aromatic rings. The fourth-order valence-electron chi connectivity index (χ4n) is 3.48. The van der Waals surface area contributed by atoms with Gasteiger partial charge in [-0.25, -0.2) is 0 Å². The number of aliphatic hydroxyl groups excluding tert-OH is 1. The lowest BCUT2D eigenvalue weighted by atomic mass is 9.94. The standard InChI is InChI=1S/C23H21F3N2O3/c24-23(25,26)17-5-7-18(8-6-17)31-21-3-1-2-14-10-15(4-9-19(14)21)22(30)28-20(13-29)16-11-27-12-16/h1-10,16,20,27,29H,11-13H2,(H,28,30). The Morgan fingerprint density at radius 2 is 1.87 bits per heavy atom. The van der Waals surface area contributed by atoms with E-state index in [0.717, 1.165) is 36.0 Å². The van der Waals surface area contributed by atoms with Gasteiger partial charge >= 0.3 is 6.18 Å². The highest BCUT2D eigenvalue weighted by Gasteiger charge is 2.30. The molecular weight excluding hydrogens is 409 g/mol. The molecule has 3 N–H and O–H groups in total. The topological polar surface area (TPSA) is 70.6 Å². The molecule has 0 radical (unpaired) electrons. The largest absolute Gasteiger partial charge is 0.457 e. The number of alkyl halides is 3. The van der Waals surface area contributed by atoms with Gasteiger partial charge in [-0.15, -0.1) is 0 Å². The van der Waals surface area contributed by atoms with Crippen LogP contribution in [0, 0.1) is 5.92 Å². The van der Waals surface area contributed by atoms with Crippen molar-refractivity contribution in [3.05, 3.63) is 71.8 Å². The summed E-state index contributed by atoms with van der Waals surface area (Å²) >= 11 is 0. The number of carbonyl (C=O) groups is 1. The first-order chi connectivity index (χ1) is 14.8. The summed E-state index contributed by atoms with van der Waals surface area (Å²) in [4.78, 5) is 12.6. The molecule has 0 bridgehead atoms. The van der Waals surface area contributed by atoms with Crippen molar-refractivity contribution in [2.75, 3.05) is 19.7 Å². The Labute approximate surface area is 176 Å². The van der Waals surface area contributed by atoms with Crippen LogP contribution in [0.2, 0.25) is 0 Å². The average Bonchev–Trinajstić information content (AvgIpc) is 2.71. The zero-order chi connectivity index (χ0) is 22.0. The lowest BCUT2D eigenvalue weighted by Gasteiger charge is -2.34. The molecule has 1 fully saturated rings. The zero-order valence-electron chi connectivity index (χ0n) is 16.4. The van der Waals surface area contributed by atoms with Crippen LogP contribution in [0.5, 0.6) is 11.5 Å². The maximum absolute atomic E-state index is 12.7. The Balaban J connectivity index is 1.53. The quantitative estimate of drug-likeness (QED) is 0.554. The first-order valence-electron chi connectivity index (χ1n) is 9.85. The highest BCUT2D eigenvalue weighted by Crippen LogP contribution is 2.33. The predicted molar refractivity (Wildman–Crippen MR) is 110 cm³/mol. The molecule has 3 aromatic carbocycles. The molecule has 1 unspecified atom stereocenters. The maximum Gasteiger partial charge on any atom is 0.416 e. The molecule has 162 valence electrons. The Hall–Kier alpha value is -3.10. The van der Waals surface area contributed by atoms with E-state index in [4.69, 9.17) is 4.74 Å². The third-order valence-corrected chi connectivity index (χ3v) is 5.41. The molecule has 1 aliphatic heterocycles. The van der Waals surface area contributed by atoms with Gasteiger partial charge in [0.05, 0.1) is 18.2 Å². The van der Waals surface area contributed by atoms with E-state index in [0.29, 0.717) is 11.3 Å². The highest BCUT2D eigenvalue weighted by atomic mass is 19.4. The number of hydrogen-bond acceptors (Lipinski definition) is 4. The van der Waals surface area contributed by atoms with Gasteiger partial charge in [0, 0.05) is 30.0 Å². The van der Waals surface area contributed by atoms with Gasteiger partial charge in [0.15, 0.2) is 0 Å². The zero-order valence-corrected chi connectivity index (χ0v) is 16.4. The van der Waals surface area contributed by atoms with Crippen LogP contribution in [0.4, 0.5) is 13.2 Å². The third-order valence-electron chi connectivity index (χ3n) is 5.41. The van der Waals surface area contributed by atoms with E-state index in [9.17, 15) is 23.1 Å². The number of carbonyl (C=O) groups excluding carboxylic acids is 1. The Bertz CT molecular complexity index is 1080. The lowest BCUT2D eigenvalue weighted by molar-refractivity contribution is -0.137. The molecule has 0 aliphatic carbocycles. The molecule has 8 heteroatoms. The van der Waals surface area contributed by atoms with Gasteiger partial charge in [0.1, 0.15) is 11.5 Å². The van der Waals surface area contributed by atoms with Crippen molar-refractivity contribution in [2.45, 2.75) is 12.2 Å². The van der Waals surface area contributed by atoms with Gasteiger partial charge in [-0.05, 0) is 53.9 Å². The van der Waals surface area contributed by atoms with Gasteiger partial charge in [0.2, 0.25) is 0 Å². The number of fused-ring (bicyclic) bond motifs is 1. The number of halogens is 3. The minimum atomic E-state index is -4.40. The first-order valence-corrected chi connectivity index (χ1v) is 9.85. The molecule has 0 spiro atoms. The summed E-state index contributed by atoms with van der Waals surface area (Å²) in [6.45, 7) is 1.39. The van der Waals surface area contributed by atoms with E-state index in [1.807, 2.05) is 6.07 Å². The number of benzene rings is 3. The third kappa shape index (κ3) is 4.65. The van der Waals surface area contributed by atoms with Crippen molar-refractivity contribution in [3.63, 3.8) is 0 Å². The molecular formula is C23H21F3N2O3. The Kier molecular flexibility index (Phi) is 5.84. The smallest absolute Gasteiger partial charge is 0.416 e. The number of amides is 1. The summed E-state index contributed by atoms with van der Waals surface area (Å²) in [7, 11) is 0. The molecule has 31 heavy (non-hydrogen) atoms. The first kappa shape index (κ1) is 21.1. The molecule has 1 saturated heterocycles. The van der Waals surface area contributed by atoms with Crippen molar-refractivity contribution >= 4 is 16.7 Å². The lowest BCUT2D eigenvalue weighted by Crippen LogP contribution is -2.56. The molecule has 1 aliphatic rings. The van der Waals surface area contributed by atoms with Crippen LogP contribution in [0.1, 0.15) is 15.9 Å². The molecule has 0 saturated carbocycles. The Morgan fingerprint density at radius 3 is 2.48 bits per heavy atom. The van der Waals surface area contributed by atoms with Crippen molar-refractivity contribution in [2.24, 2.45) is 5.92 Å². The van der Waals surface area contributed by atoms with Crippen LogP contribution in [0.3, 0.4) is 0 Å². The second kappa shape index (κ2) is 8.56. The normalized spacial score (nSPS) is 15.4. The summed E-state index contributed by atoms with van der Waals surface area (Å²) in [5, 5.41) is 17.0. The van der Waals surface area contributed by atoms with Crippen LogP contribution < -0.4 is 15.4 Å². The molecule has 1 heterocycles. The van der Waals surface area contributed by atoms with Crippen LogP contribution in [0.15, 0.2) is 60.7 Å². The van der Waals surface area contributed by atoms with E-state index in [1.54, 1.807) is 30.3 Å². The van der Waals surface area contributed by atoms with Crippen LogP contribution in [-0.2, 0) is 6.18 Å². The van der Waals surface area contributed by atoms with E-state index >= 15 is 0 Å². The minimum absolute atomic E-state index is 0.128. The summed E-state index contributed by atoms with van der Waals surface area (Å²) in [6.07, 6.45) is -4.40. The number of aliphatic hydroxyl groups is 1. The van der Waals surface area contributed by atoms with Gasteiger partial charge in [-0.3, -0.25) is 4.79 Å². The average molecular weight is 430 g/mol. The van der Waals surface area contributed by atoms with E-state index in [2.05, 4.69) is 10.6 Å². The minimum Gasteiger partial charge on any atom is -0.457 e. The monoisotopic (exact) mass is 430 g/mol. The van der Waals surface area contributed by atoms with E-state index in [-0.39, 0.29) is 30.2 Å². The number of ether oxygens (including phenoxy) is 1. The Morgan fingerprint density at radius 1 is 1.13 bits per heavy atom. The summed E-state index contributed by atoms with van der Waals surface area (Å²) in [6, 6.07) is 14.6. The van der Waals surface area contributed by atoms with Gasteiger partial charge in [-0.2, -0.15) is 13.2 Å². The van der Waals surface area contributed by atoms with Crippen LogP contribution >= 0.6 is 0 Å². The molecule has 0 aromatic heterocycles. The molecule has 1 atom stereocenters. The fourth-order valence-corrected chi connectivity index (χ4v) is 3.48. The second-order valence-electron chi connectivity index (χ2n) is 7.50. The van der Waals surface area contributed by atoms with E-state index in [1.165, 1.54) is 12.1 Å². The number of nitrogens with one attached hydrogen (secondary N) is 2. The number of rotatable bonds is 6. The van der Waals surface area contributed by atoms with Crippen molar-refractivity contribution < 1.29 is 27.8 Å².